The standard InChI is InChI=1S/C34H43F2N5O2/c1-23-7-3-4-8-29(23)30-19-32(42)40(22-38-30)20-25-9-13-39(21-34(25)11-5-6-12-34)33(43)41-14-10-28(37-2)18-31(41)24-15-26(35)17-27(36)16-24/h3-4,7-8,15-17,19,25,28,31,37-38H,5-6,9-14,18,20-22H2,1-2H3/t25-,28?,31-/m0/s1. The summed E-state index contributed by atoms with van der Waals surface area (Å²) in [6.45, 7) is 5.00. The van der Waals surface area contributed by atoms with Gasteiger partial charge in [0.25, 0.3) is 0 Å². The molecule has 1 unspecified atom stereocenters. The quantitative estimate of drug-likeness (QED) is 0.487. The van der Waals surface area contributed by atoms with Gasteiger partial charge in [0.05, 0.1) is 12.7 Å². The van der Waals surface area contributed by atoms with Crippen LogP contribution in [0.2, 0.25) is 0 Å². The molecule has 9 heteroatoms. The molecule has 2 saturated heterocycles. The van der Waals surface area contributed by atoms with Crippen LogP contribution in [0.1, 0.15) is 67.7 Å². The maximum absolute atomic E-state index is 14.2. The molecule has 2 aromatic rings. The number of rotatable bonds is 5. The van der Waals surface area contributed by atoms with Crippen molar-refractivity contribution in [1.82, 2.24) is 25.3 Å². The Morgan fingerprint density at radius 1 is 1.07 bits per heavy atom. The lowest BCUT2D eigenvalue weighted by Gasteiger charge is -2.50. The van der Waals surface area contributed by atoms with Gasteiger partial charge in [-0.05, 0) is 80.7 Å². The van der Waals surface area contributed by atoms with Gasteiger partial charge in [-0.3, -0.25) is 4.79 Å². The second-order valence-electron chi connectivity index (χ2n) is 12.9. The first kappa shape index (κ1) is 29.6. The van der Waals surface area contributed by atoms with Gasteiger partial charge in [0.1, 0.15) is 11.6 Å². The summed E-state index contributed by atoms with van der Waals surface area (Å²) in [5, 5.41) is 6.76. The molecule has 6 rings (SSSR count). The first-order valence-electron chi connectivity index (χ1n) is 15.8. The zero-order chi connectivity index (χ0) is 30.1. The minimum absolute atomic E-state index is 0.0289. The summed E-state index contributed by atoms with van der Waals surface area (Å²) in [5.41, 5.74) is 3.52. The normalized spacial score (nSPS) is 25.6. The highest BCUT2D eigenvalue weighted by atomic mass is 19.1. The molecule has 43 heavy (non-hydrogen) atoms. The number of halogens is 2. The predicted molar refractivity (Wildman–Crippen MR) is 163 cm³/mol. The number of carbonyl (C=O) groups excluding carboxylic acids is 2. The van der Waals surface area contributed by atoms with Crippen molar-refractivity contribution in [1.29, 1.82) is 0 Å². The van der Waals surface area contributed by atoms with Crippen molar-refractivity contribution in [3.8, 4) is 0 Å². The maximum atomic E-state index is 14.2. The van der Waals surface area contributed by atoms with Crippen LogP contribution in [0, 0.1) is 29.9 Å². The van der Waals surface area contributed by atoms with Crippen molar-refractivity contribution in [3.63, 3.8) is 0 Å². The van der Waals surface area contributed by atoms with E-state index in [1.54, 1.807) is 6.08 Å². The zero-order valence-corrected chi connectivity index (χ0v) is 25.3. The van der Waals surface area contributed by atoms with E-state index in [0.29, 0.717) is 50.7 Å². The predicted octanol–water partition coefficient (Wildman–Crippen LogP) is 5.43. The molecule has 230 valence electrons. The van der Waals surface area contributed by atoms with Gasteiger partial charge in [-0.15, -0.1) is 0 Å². The van der Waals surface area contributed by atoms with E-state index in [4.69, 9.17) is 0 Å². The topological polar surface area (TPSA) is 67.9 Å². The summed E-state index contributed by atoms with van der Waals surface area (Å²) in [4.78, 5) is 33.2. The smallest absolute Gasteiger partial charge is 0.320 e. The van der Waals surface area contributed by atoms with Crippen molar-refractivity contribution in [3.05, 3.63) is 76.9 Å². The third-order valence-electron chi connectivity index (χ3n) is 10.4. The Kier molecular flexibility index (Phi) is 8.45. The fraction of sp³-hybridized carbons (Fsp3) is 0.529. The monoisotopic (exact) mass is 591 g/mol. The Bertz CT molecular complexity index is 1370. The highest BCUT2D eigenvalue weighted by Gasteiger charge is 2.48. The molecular weight excluding hydrogens is 548 g/mol. The number of carbonyl (C=O) groups is 2. The van der Waals surface area contributed by atoms with Gasteiger partial charge in [-0.1, -0.05) is 37.1 Å². The first-order valence-corrected chi connectivity index (χ1v) is 15.8. The van der Waals surface area contributed by atoms with E-state index in [9.17, 15) is 18.4 Å². The van der Waals surface area contributed by atoms with Gasteiger partial charge >= 0.3 is 6.03 Å². The molecule has 2 N–H and O–H groups in total. The minimum atomic E-state index is -0.623. The minimum Gasteiger partial charge on any atom is -0.367 e. The maximum Gasteiger partial charge on any atom is 0.320 e. The van der Waals surface area contributed by atoms with Crippen molar-refractivity contribution >= 4 is 17.6 Å². The van der Waals surface area contributed by atoms with Gasteiger partial charge in [0.2, 0.25) is 5.91 Å². The second-order valence-corrected chi connectivity index (χ2v) is 12.9. The van der Waals surface area contributed by atoms with E-state index in [1.807, 2.05) is 39.9 Å². The van der Waals surface area contributed by atoms with Crippen LogP contribution in [0.15, 0.2) is 48.5 Å². The Morgan fingerprint density at radius 3 is 2.51 bits per heavy atom. The second kappa shape index (κ2) is 12.3. The Hall–Kier alpha value is -3.46. The van der Waals surface area contributed by atoms with Gasteiger partial charge in [0, 0.05) is 55.6 Å². The molecule has 0 bridgehead atoms. The molecule has 3 heterocycles. The van der Waals surface area contributed by atoms with Crippen LogP contribution in [0.4, 0.5) is 13.6 Å². The molecule has 2 aromatic carbocycles. The van der Waals surface area contributed by atoms with Gasteiger partial charge in [-0.25, -0.2) is 13.6 Å². The third-order valence-corrected chi connectivity index (χ3v) is 10.4. The van der Waals surface area contributed by atoms with Crippen LogP contribution in [-0.4, -0.2) is 72.6 Å². The summed E-state index contributed by atoms with van der Waals surface area (Å²) in [7, 11) is 1.89. The fourth-order valence-electron chi connectivity index (χ4n) is 8.01. The number of aryl methyl sites for hydroxylation is 1. The number of hydrogen-bond donors (Lipinski definition) is 2. The molecule has 7 nitrogen and oxygen atoms in total. The summed E-state index contributed by atoms with van der Waals surface area (Å²) in [6, 6.07) is 11.4. The number of nitrogens with zero attached hydrogens (tertiary/aromatic N) is 3. The van der Waals surface area contributed by atoms with E-state index in [0.717, 1.165) is 61.4 Å². The molecule has 3 atom stereocenters. The molecule has 0 aromatic heterocycles. The number of urea groups is 1. The van der Waals surface area contributed by atoms with E-state index in [2.05, 4.69) is 23.6 Å². The van der Waals surface area contributed by atoms with Crippen molar-refractivity contribution in [2.24, 2.45) is 11.3 Å². The van der Waals surface area contributed by atoms with Gasteiger partial charge < -0.3 is 25.3 Å². The molecule has 4 aliphatic rings. The highest BCUT2D eigenvalue weighted by Crippen LogP contribution is 2.49. The highest BCUT2D eigenvalue weighted by molar-refractivity contribution is 5.96. The number of nitrogens with one attached hydrogen (secondary N) is 2. The van der Waals surface area contributed by atoms with Crippen LogP contribution >= 0.6 is 0 Å². The average molecular weight is 592 g/mol. The summed E-state index contributed by atoms with van der Waals surface area (Å²) < 4.78 is 28.5. The van der Waals surface area contributed by atoms with Gasteiger partial charge in [-0.2, -0.15) is 0 Å². The number of benzene rings is 2. The zero-order valence-electron chi connectivity index (χ0n) is 25.3. The Balaban J connectivity index is 1.17. The van der Waals surface area contributed by atoms with Crippen molar-refractivity contribution < 1.29 is 18.4 Å². The first-order chi connectivity index (χ1) is 20.8. The molecule has 3 amide bonds. The fourth-order valence-corrected chi connectivity index (χ4v) is 8.01. The number of piperidine rings is 2. The average Bonchev–Trinajstić information content (AvgIpc) is 3.47. The van der Waals surface area contributed by atoms with Crippen LogP contribution in [0.5, 0.6) is 0 Å². The number of amides is 3. The van der Waals surface area contributed by atoms with Crippen LogP contribution in [-0.2, 0) is 4.79 Å². The lowest BCUT2D eigenvalue weighted by atomic mass is 9.69. The largest absolute Gasteiger partial charge is 0.367 e. The van der Waals surface area contributed by atoms with Crippen LogP contribution in [0.25, 0.3) is 5.70 Å². The number of likely N-dealkylation sites (tertiary alicyclic amines) is 2. The Morgan fingerprint density at radius 2 is 1.81 bits per heavy atom. The van der Waals surface area contributed by atoms with Crippen molar-refractivity contribution in [2.75, 3.05) is 39.9 Å². The van der Waals surface area contributed by atoms with E-state index < -0.39 is 17.7 Å². The van der Waals surface area contributed by atoms with Crippen LogP contribution in [0.3, 0.4) is 0 Å². The van der Waals surface area contributed by atoms with Gasteiger partial charge in [0.15, 0.2) is 0 Å². The molecule has 3 fully saturated rings. The van der Waals surface area contributed by atoms with Crippen molar-refractivity contribution in [2.45, 2.75) is 64.0 Å². The molecule has 1 aliphatic carbocycles. The third kappa shape index (κ3) is 6.01. The lowest BCUT2D eigenvalue weighted by Crippen LogP contribution is -2.58. The number of hydrogen-bond acceptors (Lipinski definition) is 4. The molecule has 3 aliphatic heterocycles. The SMILES string of the molecule is CNC1CCN(C(=O)N2CC[C@@H](CN3CNC(c4ccccc4C)=CC3=O)C3(CCCC3)C2)[C@H](c2cc(F)cc(F)c2)C1. The molecule has 1 saturated carbocycles. The molecule has 0 radical (unpaired) electrons. The summed E-state index contributed by atoms with van der Waals surface area (Å²) in [5.74, 6) is -0.910. The Labute approximate surface area is 253 Å². The van der Waals surface area contributed by atoms with E-state index in [1.165, 1.54) is 12.1 Å². The van der Waals surface area contributed by atoms with E-state index in [-0.39, 0.29) is 23.4 Å². The lowest BCUT2D eigenvalue weighted by molar-refractivity contribution is -0.128. The summed E-state index contributed by atoms with van der Waals surface area (Å²) in [6.07, 6.45) is 8.28. The summed E-state index contributed by atoms with van der Waals surface area (Å²) >= 11 is 0. The van der Waals surface area contributed by atoms with E-state index >= 15 is 0 Å². The molecular formula is C34H43F2N5O2. The van der Waals surface area contributed by atoms with Crippen LogP contribution < -0.4 is 10.6 Å². The molecule has 1 spiro atoms.